The molecule has 1 rings (SSSR count). The normalized spacial score (nSPS) is 17.4. The molecule has 0 fully saturated rings. The van der Waals surface area contributed by atoms with Crippen LogP contribution in [0.5, 0.6) is 0 Å². The number of hydrogen-bond donors (Lipinski definition) is 1. The van der Waals surface area contributed by atoms with Crippen LogP contribution in [0.3, 0.4) is 0 Å². The molecule has 7 nitrogen and oxygen atoms in total. The number of nitrogens with two attached hydrogens (primary N) is 1. The maximum Gasteiger partial charge on any atom is 0.244 e. The molecule has 0 aliphatic carbocycles. The van der Waals surface area contributed by atoms with Crippen LogP contribution >= 0.6 is 0 Å². The lowest BCUT2D eigenvalue weighted by molar-refractivity contribution is 0.0410. The van der Waals surface area contributed by atoms with Crippen LogP contribution < -0.4 is 5.73 Å². The van der Waals surface area contributed by atoms with E-state index in [-0.39, 0.29) is 24.4 Å². The summed E-state index contributed by atoms with van der Waals surface area (Å²) in [5, 5.41) is 2.89. The molecule has 19 heavy (non-hydrogen) atoms. The van der Waals surface area contributed by atoms with E-state index in [1.807, 2.05) is 13.8 Å². The molecule has 2 atom stereocenters. The van der Waals surface area contributed by atoms with E-state index in [1.165, 1.54) is 6.92 Å². The van der Waals surface area contributed by atoms with E-state index in [9.17, 15) is 8.42 Å². The second-order valence-corrected chi connectivity index (χ2v) is 7.57. The summed E-state index contributed by atoms with van der Waals surface area (Å²) in [7, 11) is -3.28. The highest BCUT2D eigenvalue weighted by Gasteiger charge is 2.31. The Morgan fingerprint density at radius 3 is 2.47 bits per heavy atom. The average molecular weight is 291 g/mol. The molecule has 0 aliphatic heterocycles. The van der Waals surface area contributed by atoms with Crippen LogP contribution in [0.4, 0.5) is 0 Å². The molecule has 1 aromatic heterocycles. The first-order valence-corrected chi connectivity index (χ1v) is 7.93. The van der Waals surface area contributed by atoms with E-state index in [0.717, 1.165) is 6.26 Å². The molecule has 110 valence electrons. The zero-order chi connectivity index (χ0) is 14.8. The van der Waals surface area contributed by atoms with Gasteiger partial charge in [0, 0.05) is 6.26 Å². The van der Waals surface area contributed by atoms with Gasteiger partial charge in [0.25, 0.3) is 0 Å². The Kier molecular flexibility index (Phi) is 4.70. The Hall–Kier alpha value is -0.990. The van der Waals surface area contributed by atoms with E-state index in [2.05, 4.69) is 10.1 Å². The molecule has 0 spiro atoms. The zero-order valence-electron chi connectivity index (χ0n) is 11.9. The average Bonchev–Trinajstić information content (AvgIpc) is 2.74. The fraction of sp³-hybridized carbons (Fsp3) is 0.818. The molecule has 0 aliphatic rings. The third kappa shape index (κ3) is 4.26. The van der Waals surface area contributed by atoms with Gasteiger partial charge in [-0.05, 0) is 27.7 Å². The predicted molar refractivity (Wildman–Crippen MR) is 70.2 cm³/mol. The molecular weight excluding hydrogens is 270 g/mol. The van der Waals surface area contributed by atoms with Crippen molar-refractivity contribution in [2.75, 3.05) is 12.9 Å². The summed E-state index contributed by atoms with van der Waals surface area (Å²) in [6.45, 7) is 7.20. The van der Waals surface area contributed by atoms with Crippen molar-refractivity contribution in [1.29, 1.82) is 0 Å². The molecule has 2 N–H and O–H groups in total. The van der Waals surface area contributed by atoms with Crippen LogP contribution in [-0.2, 0) is 20.1 Å². The van der Waals surface area contributed by atoms with Crippen LogP contribution in [-0.4, -0.2) is 37.5 Å². The van der Waals surface area contributed by atoms with Crippen LogP contribution in [0.1, 0.15) is 44.7 Å². The van der Waals surface area contributed by atoms with Gasteiger partial charge in [-0.25, -0.2) is 8.42 Å². The van der Waals surface area contributed by atoms with Gasteiger partial charge in [-0.3, -0.25) is 0 Å². The maximum atomic E-state index is 11.4. The fourth-order valence-corrected chi connectivity index (χ4v) is 1.68. The highest BCUT2D eigenvalue weighted by Crippen LogP contribution is 2.22. The lowest BCUT2D eigenvalue weighted by Gasteiger charge is -2.21. The number of sulfone groups is 1. The summed E-state index contributed by atoms with van der Waals surface area (Å²) in [5.74, 6) is 0.275. The highest BCUT2D eigenvalue weighted by molar-refractivity contribution is 7.90. The first-order chi connectivity index (χ1) is 8.54. The number of ether oxygens (including phenoxy) is 1. The lowest BCUT2D eigenvalue weighted by Crippen LogP contribution is -2.40. The number of aromatic nitrogens is 2. The van der Waals surface area contributed by atoms with Crippen molar-refractivity contribution in [2.45, 2.75) is 44.6 Å². The zero-order valence-corrected chi connectivity index (χ0v) is 12.7. The number of nitrogens with zero attached hydrogens (tertiary/aromatic N) is 2. The minimum Gasteiger partial charge on any atom is -0.376 e. The minimum absolute atomic E-state index is 0.0317. The Morgan fingerprint density at radius 2 is 2.00 bits per heavy atom. The summed E-state index contributed by atoms with van der Waals surface area (Å²) in [4.78, 5) is 4.06. The molecule has 0 saturated heterocycles. The Labute approximate surface area is 113 Å². The maximum absolute atomic E-state index is 11.4. The predicted octanol–water partition coefficient (Wildman–Crippen LogP) is 0.774. The third-order valence-electron chi connectivity index (χ3n) is 2.66. The highest BCUT2D eigenvalue weighted by atomic mass is 32.2. The summed E-state index contributed by atoms with van der Waals surface area (Å²) in [6, 6.07) is 0. The van der Waals surface area contributed by atoms with Crippen LogP contribution in [0, 0.1) is 0 Å². The van der Waals surface area contributed by atoms with Crippen LogP contribution in [0.15, 0.2) is 4.52 Å². The van der Waals surface area contributed by atoms with Crippen LogP contribution in [0.2, 0.25) is 0 Å². The number of hydrogen-bond acceptors (Lipinski definition) is 7. The van der Waals surface area contributed by atoms with Gasteiger partial charge in [-0.15, -0.1) is 0 Å². The molecule has 8 heteroatoms. The fourth-order valence-electron chi connectivity index (χ4n) is 1.22. The van der Waals surface area contributed by atoms with Gasteiger partial charge < -0.3 is 15.0 Å². The molecule has 0 bridgehead atoms. The quantitative estimate of drug-likeness (QED) is 0.824. The standard InChI is InChI=1S/C11H21N3O4S/c1-7(2)17-6-11(4,12)10-13-9(18-14-10)8(3)19(5,15)16/h7-8H,6,12H2,1-5H3. The van der Waals surface area contributed by atoms with E-state index in [0.29, 0.717) is 0 Å². The number of rotatable bonds is 6. The molecule has 2 unspecified atom stereocenters. The van der Waals surface area contributed by atoms with Crippen LogP contribution in [0.25, 0.3) is 0 Å². The summed E-state index contributed by atoms with van der Waals surface area (Å²) < 4.78 is 33.2. The Balaban J connectivity index is 2.90. The SMILES string of the molecule is CC(C)OCC(C)(N)c1noc(C(C)S(C)(=O)=O)n1. The van der Waals surface area contributed by atoms with Gasteiger partial charge in [0.05, 0.1) is 12.7 Å². The molecule has 1 heterocycles. The summed E-state index contributed by atoms with van der Waals surface area (Å²) in [6.07, 6.45) is 1.15. The van der Waals surface area contributed by atoms with E-state index >= 15 is 0 Å². The largest absolute Gasteiger partial charge is 0.376 e. The lowest BCUT2D eigenvalue weighted by atomic mass is 10.1. The van der Waals surface area contributed by atoms with Crippen molar-refractivity contribution in [3.8, 4) is 0 Å². The smallest absolute Gasteiger partial charge is 0.244 e. The van der Waals surface area contributed by atoms with Gasteiger partial charge in [0.15, 0.2) is 15.7 Å². The van der Waals surface area contributed by atoms with Gasteiger partial charge in [-0.1, -0.05) is 5.16 Å². The van der Waals surface area contributed by atoms with E-state index in [1.54, 1.807) is 6.92 Å². The van der Waals surface area contributed by atoms with E-state index in [4.69, 9.17) is 15.0 Å². The van der Waals surface area contributed by atoms with Crippen molar-refractivity contribution < 1.29 is 17.7 Å². The monoisotopic (exact) mass is 291 g/mol. The molecular formula is C11H21N3O4S. The molecule has 0 radical (unpaired) electrons. The van der Waals surface area contributed by atoms with Crippen molar-refractivity contribution in [2.24, 2.45) is 5.73 Å². The summed E-state index contributed by atoms with van der Waals surface area (Å²) in [5.41, 5.74) is 5.12. The van der Waals surface area contributed by atoms with Gasteiger partial charge >= 0.3 is 0 Å². The van der Waals surface area contributed by atoms with Gasteiger partial charge in [0.1, 0.15) is 10.8 Å². The third-order valence-corrected chi connectivity index (χ3v) is 4.15. The molecule has 0 aromatic carbocycles. The van der Waals surface area contributed by atoms with Gasteiger partial charge in [0.2, 0.25) is 5.89 Å². The summed E-state index contributed by atoms with van der Waals surface area (Å²) >= 11 is 0. The second-order valence-electron chi connectivity index (χ2n) is 5.21. The topological polar surface area (TPSA) is 108 Å². The first-order valence-electron chi connectivity index (χ1n) is 5.97. The van der Waals surface area contributed by atoms with Crippen molar-refractivity contribution >= 4 is 9.84 Å². The van der Waals surface area contributed by atoms with Crippen molar-refractivity contribution in [3.05, 3.63) is 11.7 Å². The minimum atomic E-state index is -3.28. The molecule has 0 amide bonds. The Morgan fingerprint density at radius 1 is 1.42 bits per heavy atom. The molecule has 0 saturated carbocycles. The Bertz CT molecular complexity index is 522. The van der Waals surface area contributed by atoms with Gasteiger partial charge in [-0.2, -0.15) is 4.98 Å². The first kappa shape index (κ1) is 16.1. The van der Waals surface area contributed by atoms with E-state index < -0.39 is 20.6 Å². The van der Waals surface area contributed by atoms with Crippen molar-refractivity contribution in [3.63, 3.8) is 0 Å². The van der Waals surface area contributed by atoms with Crippen molar-refractivity contribution in [1.82, 2.24) is 10.1 Å². The second kappa shape index (κ2) is 5.56. The molecule has 1 aromatic rings.